The van der Waals surface area contributed by atoms with E-state index >= 15 is 0 Å². The maximum absolute atomic E-state index is 12.8. The number of pyridine rings is 2. The number of likely N-dealkylation sites (tertiary alicyclic amines) is 1. The molecule has 4 heterocycles. The van der Waals surface area contributed by atoms with E-state index in [0.29, 0.717) is 24.2 Å². The molecule has 0 aromatic carbocycles. The van der Waals surface area contributed by atoms with Gasteiger partial charge in [0.15, 0.2) is 0 Å². The van der Waals surface area contributed by atoms with Gasteiger partial charge in [-0.3, -0.25) is 9.78 Å². The van der Waals surface area contributed by atoms with Crippen molar-refractivity contribution in [2.24, 2.45) is 5.92 Å². The van der Waals surface area contributed by atoms with Crippen LogP contribution in [0.15, 0.2) is 30.7 Å². The highest BCUT2D eigenvalue weighted by Gasteiger charge is 2.29. The Balaban J connectivity index is 1.26. The number of aromatic amines is 1. The number of hydrogen-bond donors (Lipinski definition) is 1. The lowest BCUT2D eigenvalue weighted by molar-refractivity contribution is -0.136. The van der Waals surface area contributed by atoms with E-state index in [2.05, 4.69) is 27.1 Å². The predicted octanol–water partition coefficient (Wildman–Crippen LogP) is 4.41. The molecule has 1 N–H and O–H groups in total. The molecule has 0 radical (unpaired) electrons. The van der Waals surface area contributed by atoms with Crippen LogP contribution >= 0.6 is 0 Å². The first-order valence-electron chi connectivity index (χ1n) is 11.2. The van der Waals surface area contributed by atoms with Crippen LogP contribution in [0.25, 0.3) is 21.9 Å². The molecule has 2 fully saturated rings. The summed E-state index contributed by atoms with van der Waals surface area (Å²) in [4.78, 5) is 27.1. The first-order valence-corrected chi connectivity index (χ1v) is 11.2. The molecule has 3 aromatic rings. The Hall–Kier alpha value is -2.47. The Bertz CT molecular complexity index is 1040. The molecule has 2 aliphatic rings. The molecule has 1 amide bonds. The quantitative estimate of drug-likeness (QED) is 0.697. The van der Waals surface area contributed by atoms with Crippen LogP contribution in [-0.4, -0.2) is 52.1 Å². The highest BCUT2D eigenvalue weighted by Crippen LogP contribution is 2.40. The fourth-order valence-electron chi connectivity index (χ4n) is 5.43. The number of methoxy groups -OCH3 is 1. The molecule has 0 bridgehead atoms. The molecule has 1 aliphatic carbocycles. The average Bonchev–Trinajstić information content (AvgIpc) is 3.28. The van der Waals surface area contributed by atoms with Crippen LogP contribution in [-0.2, 0) is 9.53 Å². The van der Waals surface area contributed by atoms with Crippen molar-refractivity contribution in [1.82, 2.24) is 19.9 Å². The average molecular weight is 407 g/mol. The number of ether oxygens (including phenoxy) is 1. The van der Waals surface area contributed by atoms with Gasteiger partial charge in [-0.2, -0.15) is 0 Å². The van der Waals surface area contributed by atoms with E-state index in [-0.39, 0.29) is 6.10 Å². The van der Waals surface area contributed by atoms with Gasteiger partial charge in [0.1, 0.15) is 5.65 Å². The molecule has 6 nitrogen and oxygen atoms in total. The van der Waals surface area contributed by atoms with Crippen molar-refractivity contribution >= 4 is 27.8 Å². The Morgan fingerprint density at radius 1 is 1.20 bits per heavy atom. The molecular weight excluding hydrogens is 376 g/mol. The predicted molar refractivity (Wildman–Crippen MR) is 117 cm³/mol. The van der Waals surface area contributed by atoms with Crippen LogP contribution in [0, 0.1) is 5.92 Å². The number of carbonyl (C=O) groups is 1. The molecule has 6 heteroatoms. The summed E-state index contributed by atoms with van der Waals surface area (Å²) >= 11 is 0. The molecule has 1 saturated heterocycles. The molecule has 30 heavy (non-hydrogen) atoms. The normalized spacial score (nSPS) is 25.1. The highest BCUT2D eigenvalue weighted by molar-refractivity contribution is 6.05. The lowest BCUT2D eigenvalue weighted by Crippen LogP contribution is -2.43. The zero-order valence-electron chi connectivity index (χ0n) is 17.6. The fourth-order valence-corrected chi connectivity index (χ4v) is 5.43. The molecular formula is C24H30N4O2. The van der Waals surface area contributed by atoms with Gasteiger partial charge < -0.3 is 14.6 Å². The Labute approximate surface area is 177 Å². The van der Waals surface area contributed by atoms with Crippen LogP contribution in [0.4, 0.5) is 0 Å². The SMILES string of the molecule is COC1CCCN(C(=O)CC2CCC(c3ccnc4cnc5[nH]ccc5c34)CC2)C1. The zero-order chi connectivity index (χ0) is 20.5. The summed E-state index contributed by atoms with van der Waals surface area (Å²) in [5, 5.41) is 2.40. The number of H-pyrrole nitrogens is 1. The minimum absolute atomic E-state index is 0.207. The van der Waals surface area contributed by atoms with Crippen LogP contribution in [0.3, 0.4) is 0 Å². The van der Waals surface area contributed by atoms with Crippen molar-refractivity contribution in [3.63, 3.8) is 0 Å². The number of amides is 1. The molecule has 1 unspecified atom stereocenters. The smallest absolute Gasteiger partial charge is 0.222 e. The number of fused-ring (bicyclic) bond motifs is 3. The summed E-state index contributed by atoms with van der Waals surface area (Å²) < 4.78 is 5.48. The summed E-state index contributed by atoms with van der Waals surface area (Å²) in [5.74, 6) is 1.34. The fraction of sp³-hybridized carbons (Fsp3) is 0.542. The van der Waals surface area contributed by atoms with E-state index < -0.39 is 0 Å². The maximum atomic E-state index is 12.8. The number of carbonyl (C=O) groups excluding carboxylic acids is 1. The van der Waals surface area contributed by atoms with Gasteiger partial charge in [-0.1, -0.05) is 0 Å². The van der Waals surface area contributed by atoms with Crippen LogP contribution in [0.5, 0.6) is 0 Å². The monoisotopic (exact) mass is 406 g/mol. The van der Waals surface area contributed by atoms with Gasteiger partial charge in [-0.05, 0) is 68.1 Å². The molecule has 1 saturated carbocycles. The second-order valence-corrected chi connectivity index (χ2v) is 8.92. The van der Waals surface area contributed by atoms with Gasteiger partial charge in [-0.25, -0.2) is 4.98 Å². The van der Waals surface area contributed by atoms with E-state index in [9.17, 15) is 4.79 Å². The van der Waals surface area contributed by atoms with Gasteiger partial charge in [0.2, 0.25) is 5.91 Å². The summed E-state index contributed by atoms with van der Waals surface area (Å²) in [6.45, 7) is 1.64. The van der Waals surface area contributed by atoms with E-state index in [1.807, 2.05) is 23.5 Å². The number of hydrogen-bond acceptors (Lipinski definition) is 4. The first-order chi connectivity index (χ1) is 14.7. The summed E-state index contributed by atoms with van der Waals surface area (Å²) in [7, 11) is 1.75. The molecule has 3 aromatic heterocycles. The van der Waals surface area contributed by atoms with E-state index in [1.165, 1.54) is 10.9 Å². The Morgan fingerprint density at radius 3 is 2.90 bits per heavy atom. The largest absolute Gasteiger partial charge is 0.380 e. The van der Waals surface area contributed by atoms with Crippen molar-refractivity contribution < 1.29 is 9.53 Å². The third-order valence-electron chi connectivity index (χ3n) is 7.14. The van der Waals surface area contributed by atoms with E-state index in [1.54, 1.807) is 7.11 Å². The van der Waals surface area contributed by atoms with Crippen molar-refractivity contribution in [3.05, 3.63) is 36.3 Å². The van der Waals surface area contributed by atoms with Gasteiger partial charge in [0.25, 0.3) is 0 Å². The zero-order valence-corrected chi connectivity index (χ0v) is 17.6. The van der Waals surface area contributed by atoms with Gasteiger partial charge in [-0.15, -0.1) is 0 Å². The van der Waals surface area contributed by atoms with Gasteiger partial charge in [0.05, 0.1) is 17.8 Å². The van der Waals surface area contributed by atoms with Crippen molar-refractivity contribution in [3.8, 4) is 0 Å². The second-order valence-electron chi connectivity index (χ2n) is 8.92. The molecule has 1 aliphatic heterocycles. The van der Waals surface area contributed by atoms with Crippen LogP contribution in [0.2, 0.25) is 0 Å². The lowest BCUT2D eigenvalue weighted by atomic mass is 9.76. The maximum Gasteiger partial charge on any atom is 0.222 e. The molecule has 5 rings (SSSR count). The third-order valence-corrected chi connectivity index (χ3v) is 7.14. The van der Waals surface area contributed by atoms with Gasteiger partial charge >= 0.3 is 0 Å². The standard InChI is InChI=1S/C24H30N4O2/c1-30-18-3-2-12-28(15-18)22(29)13-16-4-6-17(7-5-16)19-8-10-25-21-14-27-24-20(23(19)21)9-11-26-24/h8-11,14,16-18H,2-7,12-13,15H2,1H3,(H,26,27). The highest BCUT2D eigenvalue weighted by atomic mass is 16.5. The van der Waals surface area contributed by atoms with Crippen LogP contribution < -0.4 is 0 Å². The summed E-state index contributed by atoms with van der Waals surface area (Å²) in [6, 6.07) is 4.29. The lowest BCUT2D eigenvalue weighted by Gasteiger charge is -2.34. The minimum Gasteiger partial charge on any atom is -0.380 e. The number of nitrogens with one attached hydrogen (secondary N) is 1. The van der Waals surface area contributed by atoms with E-state index in [0.717, 1.165) is 68.2 Å². The van der Waals surface area contributed by atoms with Crippen LogP contribution in [0.1, 0.15) is 56.4 Å². The molecule has 0 spiro atoms. The summed E-state index contributed by atoms with van der Waals surface area (Å²) in [5.41, 5.74) is 3.28. The minimum atomic E-state index is 0.207. The summed E-state index contributed by atoms with van der Waals surface area (Å²) in [6.07, 6.45) is 13.2. The van der Waals surface area contributed by atoms with Crippen molar-refractivity contribution in [2.45, 2.75) is 57.0 Å². The second kappa shape index (κ2) is 8.34. The topological polar surface area (TPSA) is 71.1 Å². The van der Waals surface area contributed by atoms with Crippen molar-refractivity contribution in [2.75, 3.05) is 20.2 Å². The number of piperidine rings is 1. The third kappa shape index (κ3) is 3.69. The Kier molecular flexibility index (Phi) is 5.42. The van der Waals surface area contributed by atoms with Crippen molar-refractivity contribution in [1.29, 1.82) is 0 Å². The number of rotatable bonds is 4. The van der Waals surface area contributed by atoms with Gasteiger partial charge in [0, 0.05) is 49.8 Å². The first kappa shape index (κ1) is 19.5. The molecule has 1 atom stereocenters. The van der Waals surface area contributed by atoms with E-state index in [4.69, 9.17) is 4.74 Å². The Morgan fingerprint density at radius 2 is 2.07 bits per heavy atom. The molecule has 158 valence electrons. The number of nitrogens with zero attached hydrogens (tertiary/aromatic N) is 3. The number of aromatic nitrogens is 3.